The summed E-state index contributed by atoms with van der Waals surface area (Å²) < 4.78 is 9.20. The quantitative estimate of drug-likeness (QED) is 0.721. The van der Waals surface area contributed by atoms with Gasteiger partial charge in [0.15, 0.2) is 0 Å². The van der Waals surface area contributed by atoms with Gasteiger partial charge < -0.3 is 4.74 Å². The van der Waals surface area contributed by atoms with Crippen molar-refractivity contribution in [3.63, 3.8) is 0 Å². The van der Waals surface area contributed by atoms with Crippen molar-refractivity contribution in [1.29, 1.82) is 0 Å². The van der Waals surface area contributed by atoms with Crippen LogP contribution in [0.5, 0.6) is 5.75 Å². The molecule has 0 N–H and O–H groups in total. The molecule has 3 aromatic rings. The van der Waals surface area contributed by atoms with Crippen LogP contribution >= 0.6 is 11.6 Å². The molecular weight excluding hydrogens is 300 g/mol. The first-order valence-electron chi connectivity index (χ1n) is 7.27. The molecule has 0 aliphatic rings. The van der Waals surface area contributed by atoms with Gasteiger partial charge in [0.2, 0.25) is 0 Å². The second kappa shape index (κ2) is 6.28. The van der Waals surface area contributed by atoms with E-state index in [0.717, 1.165) is 11.0 Å². The molecule has 3 rings (SSSR count). The van der Waals surface area contributed by atoms with Crippen LogP contribution < -0.4 is 10.4 Å². The lowest BCUT2D eigenvalue weighted by atomic mass is 10.3. The monoisotopic (exact) mass is 316 g/mol. The highest BCUT2D eigenvalue weighted by Gasteiger charge is 2.11. The number of imidazole rings is 1. The van der Waals surface area contributed by atoms with E-state index in [2.05, 4.69) is 0 Å². The van der Waals surface area contributed by atoms with E-state index in [9.17, 15) is 4.79 Å². The molecule has 0 saturated heterocycles. The van der Waals surface area contributed by atoms with E-state index in [1.807, 2.05) is 49.4 Å². The second-order valence-electron chi connectivity index (χ2n) is 4.95. The number of rotatable bonds is 5. The summed E-state index contributed by atoms with van der Waals surface area (Å²) in [6, 6.07) is 15.1. The van der Waals surface area contributed by atoms with Crippen molar-refractivity contribution in [3.8, 4) is 5.75 Å². The Morgan fingerprint density at radius 1 is 1.00 bits per heavy atom. The molecule has 1 heterocycles. The van der Waals surface area contributed by atoms with Crippen molar-refractivity contribution in [1.82, 2.24) is 9.13 Å². The van der Waals surface area contributed by atoms with Crippen LogP contribution in [0.1, 0.15) is 6.92 Å². The van der Waals surface area contributed by atoms with E-state index >= 15 is 0 Å². The van der Waals surface area contributed by atoms with Crippen molar-refractivity contribution < 1.29 is 4.74 Å². The Balaban J connectivity index is 1.84. The van der Waals surface area contributed by atoms with Gasteiger partial charge in [-0.1, -0.05) is 35.9 Å². The Labute approximate surface area is 133 Å². The molecule has 0 radical (unpaired) electrons. The fourth-order valence-corrected chi connectivity index (χ4v) is 2.79. The molecule has 0 aliphatic heterocycles. The van der Waals surface area contributed by atoms with Crippen LogP contribution in [0.3, 0.4) is 0 Å². The molecule has 22 heavy (non-hydrogen) atoms. The lowest BCUT2D eigenvalue weighted by Gasteiger charge is -2.08. The Morgan fingerprint density at radius 2 is 1.64 bits per heavy atom. The maximum atomic E-state index is 12.5. The third kappa shape index (κ3) is 2.62. The first-order chi connectivity index (χ1) is 10.7. The van der Waals surface area contributed by atoms with Crippen molar-refractivity contribution in [2.45, 2.75) is 20.0 Å². The van der Waals surface area contributed by atoms with Crippen LogP contribution in [0.15, 0.2) is 53.3 Å². The smallest absolute Gasteiger partial charge is 0.329 e. The predicted molar refractivity (Wildman–Crippen MR) is 88.8 cm³/mol. The third-order valence-corrected chi connectivity index (χ3v) is 3.96. The topological polar surface area (TPSA) is 36.2 Å². The molecular formula is C17H17ClN2O2. The molecule has 0 unspecified atom stereocenters. The fourth-order valence-electron chi connectivity index (χ4n) is 2.60. The van der Waals surface area contributed by atoms with Crippen LogP contribution in [-0.2, 0) is 13.1 Å². The van der Waals surface area contributed by atoms with Crippen molar-refractivity contribution >= 4 is 22.6 Å². The number of fused-ring (bicyclic) bond motifs is 1. The number of para-hydroxylation sites is 3. The number of hydrogen-bond donors (Lipinski definition) is 0. The summed E-state index contributed by atoms with van der Waals surface area (Å²) in [6.07, 6.45) is 0. The number of benzene rings is 2. The molecule has 0 spiro atoms. The summed E-state index contributed by atoms with van der Waals surface area (Å²) in [7, 11) is 0. The Hall–Kier alpha value is -2.20. The van der Waals surface area contributed by atoms with Crippen LogP contribution in [0, 0.1) is 0 Å². The summed E-state index contributed by atoms with van der Waals surface area (Å²) in [5.41, 5.74) is 1.87. The zero-order valence-corrected chi connectivity index (χ0v) is 13.1. The molecule has 0 saturated carbocycles. The molecule has 0 atom stereocenters. The van der Waals surface area contributed by atoms with E-state index in [1.54, 1.807) is 15.2 Å². The third-order valence-electron chi connectivity index (χ3n) is 3.65. The highest BCUT2D eigenvalue weighted by molar-refractivity contribution is 6.32. The van der Waals surface area contributed by atoms with Gasteiger partial charge in [-0.3, -0.25) is 9.13 Å². The summed E-state index contributed by atoms with van der Waals surface area (Å²) in [4.78, 5) is 12.5. The molecule has 1 aromatic heterocycles. The zero-order valence-electron chi connectivity index (χ0n) is 12.3. The average molecular weight is 317 g/mol. The average Bonchev–Trinajstić information content (AvgIpc) is 2.81. The first kappa shape index (κ1) is 14.7. The number of halogens is 1. The van der Waals surface area contributed by atoms with Crippen LogP contribution in [-0.4, -0.2) is 15.7 Å². The minimum atomic E-state index is -0.00791. The van der Waals surface area contributed by atoms with E-state index in [1.165, 1.54) is 0 Å². The minimum Gasteiger partial charge on any atom is -0.490 e. The van der Waals surface area contributed by atoms with E-state index in [4.69, 9.17) is 16.3 Å². The zero-order chi connectivity index (χ0) is 15.5. The Kier molecular flexibility index (Phi) is 4.20. The maximum absolute atomic E-state index is 12.5. The number of ether oxygens (including phenoxy) is 1. The van der Waals surface area contributed by atoms with Crippen LogP contribution in [0.4, 0.5) is 0 Å². The van der Waals surface area contributed by atoms with Gasteiger partial charge >= 0.3 is 5.69 Å². The first-order valence-corrected chi connectivity index (χ1v) is 7.65. The summed E-state index contributed by atoms with van der Waals surface area (Å²) in [5.74, 6) is 0.636. The van der Waals surface area contributed by atoms with Gasteiger partial charge in [-0.05, 0) is 31.2 Å². The number of hydrogen-bond acceptors (Lipinski definition) is 2. The highest BCUT2D eigenvalue weighted by atomic mass is 35.5. The molecule has 4 nitrogen and oxygen atoms in total. The largest absolute Gasteiger partial charge is 0.490 e. The molecule has 0 bridgehead atoms. The molecule has 114 valence electrons. The SMILES string of the molecule is CCn1c(=O)n(CCOc2ccccc2Cl)c2ccccc21. The normalized spacial score (nSPS) is 11.0. The lowest BCUT2D eigenvalue weighted by molar-refractivity contribution is 0.298. The summed E-state index contributed by atoms with van der Waals surface area (Å²) in [6.45, 7) is 3.50. The van der Waals surface area contributed by atoms with E-state index in [0.29, 0.717) is 30.5 Å². The molecule has 0 fully saturated rings. The molecule has 2 aromatic carbocycles. The van der Waals surface area contributed by atoms with Crippen LogP contribution in [0.2, 0.25) is 5.02 Å². The van der Waals surface area contributed by atoms with Gasteiger partial charge in [0, 0.05) is 6.54 Å². The Bertz CT molecular complexity index is 851. The van der Waals surface area contributed by atoms with Crippen molar-refractivity contribution in [2.75, 3.05) is 6.61 Å². The minimum absolute atomic E-state index is 0.00791. The van der Waals surface area contributed by atoms with Crippen molar-refractivity contribution in [2.24, 2.45) is 0 Å². The summed E-state index contributed by atoms with van der Waals surface area (Å²) in [5, 5.41) is 0.575. The molecule has 5 heteroatoms. The van der Waals surface area contributed by atoms with Gasteiger partial charge in [-0.25, -0.2) is 4.79 Å². The van der Waals surface area contributed by atoms with Crippen molar-refractivity contribution in [3.05, 3.63) is 64.0 Å². The number of aryl methyl sites for hydroxylation is 1. The van der Waals surface area contributed by atoms with Gasteiger partial charge in [0.05, 0.1) is 22.6 Å². The van der Waals surface area contributed by atoms with Gasteiger partial charge in [-0.2, -0.15) is 0 Å². The number of aromatic nitrogens is 2. The highest BCUT2D eigenvalue weighted by Crippen LogP contribution is 2.23. The standard InChI is InChI=1S/C17H17ClN2O2/c1-2-19-14-8-4-5-9-15(14)20(17(19)21)11-12-22-16-10-6-3-7-13(16)18/h3-10H,2,11-12H2,1H3. The van der Waals surface area contributed by atoms with Crippen LogP contribution in [0.25, 0.3) is 11.0 Å². The fraction of sp³-hybridized carbons (Fsp3) is 0.235. The van der Waals surface area contributed by atoms with E-state index < -0.39 is 0 Å². The molecule has 0 aliphatic carbocycles. The van der Waals surface area contributed by atoms with Gasteiger partial charge in [0.25, 0.3) is 0 Å². The maximum Gasteiger partial charge on any atom is 0.329 e. The van der Waals surface area contributed by atoms with Gasteiger partial charge in [-0.15, -0.1) is 0 Å². The van der Waals surface area contributed by atoms with E-state index in [-0.39, 0.29) is 5.69 Å². The predicted octanol–water partition coefficient (Wildman–Crippen LogP) is 3.56. The second-order valence-corrected chi connectivity index (χ2v) is 5.35. The van der Waals surface area contributed by atoms with Gasteiger partial charge in [0.1, 0.15) is 12.4 Å². The molecule has 0 amide bonds. The number of nitrogens with zero attached hydrogens (tertiary/aromatic N) is 2. The summed E-state index contributed by atoms with van der Waals surface area (Å²) >= 11 is 6.06. The lowest BCUT2D eigenvalue weighted by Crippen LogP contribution is -2.25. The Morgan fingerprint density at radius 3 is 2.32 bits per heavy atom.